The fourth-order valence-electron chi connectivity index (χ4n) is 3.40. The lowest BCUT2D eigenvalue weighted by Crippen LogP contribution is -2.49. The summed E-state index contributed by atoms with van der Waals surface area (Å²) in [5, 5.41) is 3.39. The number of hydrogen-bond acceptors (Lipinski definition) is 4. The van der Waals surface area contributed by atoms with Crippen LogP contribution in [0.1, 0.15) is 33.5 Å². The SMILES string of the molecule is CCc1cc(C(=O)N2CCC(N3CCNCC3)C2)sc1C.Cl. The first-order valence-corrected chi connectivity index (χ1v) is 8.84. The summed E-state index contributed by atoms with van der Waals surface area (Å²) in [5.41, 5.74) is 1.32. The van der Waals surface area contributed by atoms with Gasteiger partial charge < -0.3 is 10.2 Å². The summed E-state index contributed by atoms with van der Waals surface area (Å²) in [6.07, 6.45) is 2.13. The molecule has 1 atom stereocenters. The van der Waals surface area contributed by atoms with Gasteiger partial charge in [0.15, 0.2) is 0 Å². The number of nitrogens with zero attached hydrogens (tertiary/aromatic N) is 2. The molecule has 2 aliphatic heterocycles. The summed E-state index contributed by atoms with van der Waals surface area (Å²) in [5.74, 6) is 0.237. The zero-order valence-corrected chi connectivity index (χ0v) is 15.1. The Bertz CT molecular complexity index is 513. The second-order valence-corrected chi connectivity index (χ2v) is 7.28. The highest BCUT2D eigenvalue weighted by Crippen LogP contribution is 2.25. The molecule has 2 aliphatic rings. The lowest BCUT2D eigenvalue weighted by molar-refractivity contribution is 0.0778. The first-order valence-electron chi connectivity index (χ1n) is 8.02. The molecule has 0 radical (unpaired) electrons. The van der Waals surface area contributed by atoms with Gasteiger partial charge in [-0.05, 0) is 31.4 Å². The van der Waals surface area contributed by atoms with Gasteiger partial charge in [-0.25, -0.2) is 0 Å². The topological polar surface area (TPSA) is 35.6 Å². The van der Waals surface area contributed by atoms with Crippen LogP contribution < -0.4 is 5.32 Å². The first-order chi connectivity index (χ1) is 10.2. The summed E-state index contributed by atoms with van der Waals surface area (Å²) in [7, 11) is 0. The van der Waals surface area contributed by atoms with Crippen molar-refractivity contribution in [1.29, 1.82) is 0 Å². The Morgan fingerprint density at radius 3 is 2.73 bits per heavy atom. The van der Waals surface area contributed by atoms with Crippen LogP contribution in [0.5, 0.6) is 0 Å². The quantitative estimate of drug-likeness (QED) is 0.913. The van der Waals surface area contributed by atoms with E-state index in [0.717, 1.165) is 57.0 Å². The third kappa shape index (κ3) is 3.65. The lowest BCUT2D eigenvalue weighted by atomic mass is 10.2. The fraction of sp³-hybridized carbons (Fsp3) is 0.688. The Labute approximate surface area is 143 Å². The van der Waals surface area contributed by atoms with Crippen molar-refractivity contribution >= 4 is 29.7 Å². The highest BCUT2D eigenvalue weighted by atomic mass is 35.5. The second-order valence-electron chi connectivity index (χ2n) is 6.03. The van der Waals surface area contributed by atoms with Gasteiger partial charge >= 0.3 is 0 Å². The van der Waals surface area contributed by atoms with E-state index < -0.39 is 0 Å². The molecule has 0 saturated carbocycles. The maximum Gasteiger partial charge on any atom is 0.263 e. The molecule has 3 heterocycles. The zero-order chi connectivity index (χ0) is 14.8. The standard InChI is InChI=1S/C16H25N3OS.ClH/c1-3-13-10-15(21-12(13)2)16(20)19-7-4-14(11-19)18-8-5-17-6-9-18;/h10,14,17H,3-9,11H2,1-2H3;1H. The number of piperazine rings is 1. The zero-order valence-electron chi connectivity index (χ0n) is 13.4. The number of thiophene rings is 1. The van der Waals surface area contributed by atoms with Gasteiger partial charge in [-0.1, -0.05) is 6.92 Å². The number of carbonyl (C=O) groups excluding carboxylic acids is 1. The molecule has 0 aromatic carbocycles. The number of aryl methyl sites for hydroxylation is 2. The predicted octanol–water partition coefficient (Wildman–Crippen LogP) is 2.16. The summed E-state index contributed by atoms with van der Waals surface area (Å²) < 4.78 is 0. The van der Waals surface area contributed by atoms with E-state index in [1.54, 1.807) is 11.3 Å². The molecule has 4 nitrogen and oxygen atoms in total. The van der Waals surface area contributed by atoms with E-state index in [9.17, 15) is 4.79 Å². The largest absolute Gasteiger partial charge is 0.336 e. The number of carbonyl (C=O) groups is 1. The maximum atomic E-state index is 12.7. The molecule has 1 amide bonds. The molecule has 1 N–H and O–H groups in total. The Balaban J connectivity index is 0.00000176. The Morgan fingerprint density at radius 1 is 1.36 bits per heavy atom. The molecular formula is C16H26ClN3OS. The summed E-state index contributed by atoms with van der Waals surface area (Å²) in [4.78, 5) is 19.5. The highest BCUT2D eigenvalue weighted by molar-refractivity contribution is 7.14. The maximum absolute atomic E-state index is 12.7. The normalized spacial score (nSPS) is 22.6. The number of hydrogen-bond donors (Lipinski definition) is 1. The number of rotatable bonds is 3. The number of halogens is 1. The van der Waals surface area contributed by atoms with Gasteiger partial charge in [0.1, 0.15) is 0 Å². The molecule has 1 unspecified atom stereocenters. The number of nitrogens with one attached hydrogen (secondary N) is 1. The van der Waals surface area contributed by atoms with Crippen molar-refractivity contribution in [1.82, 2.24) is 15.1 Å². The average Bonchev–Trinajstić information content (AvgIpc) is 3.14. The fourth-order valence-corrected chi connectivity index (χ4v) is 4.49. The van der Waals surface area contributed by atoms with Gasteiger partial charge in [0.05, 0.1) is 4.88 Å². The molecule has 0 aliphatic carbocycles. The van der Waals surface area contributed by atoms with Crippen LogP contribution >= 0.6 is 23.7 Å². The molecule has 124 valence electrons. The minimum Gasteiger partial charge on any atom is -0.336 e. The average molecular weight is 344 g/mol. The minimum absolute atomic E-state index is 0. The molecule has 1 aromatic rings. The molecule has 1 aromatic heterocycles. The van der Waals surface area contributed by atoms with Crippen LogP contribution in [0, 0.1) is 6.92 Å². The van der Waals surface area contributed by atoms with Crippen molar-refractivity contribution in [2.24, 2.45) is 0 Å². The smallest absolute Gasteiger partial charge is 0.263 e. The third-order valence-corrected chi connectivity index (χ3v) is 5.81. The van der Waals surface area contributed by atoms with Gasteiger partial charge in [-0.2, -0.15) is 0 Å². The number of amides is 1. The van der Waals surface area contributed by atoms with Gasteiger partial charge in [-0.15, -0.1) is 23.7 Å². The van der Waals surface area contributed by atoms with E-state index >= 15 is 0 Å². The van der Waals surface area contributed by atoms with Crippen molar-refractivity contribution in [3.8, 4) is 0 Å². The van der Waals surface area contributed by atoms with Crippen molar-refractivity contribution in [3.63, 3.8) is 0 Å². The van der Waals surface area contributed by atoms with Crippen molar-refractivity contribution < 1.29 is 4.79 Å². The van der Waals surface area contributed by atoms with Crippen LogP contribution in [0.2, 0.25) is 0 Å². The van der Waals surface area contributed by atoms with Crippen LogP contribution in [0.4, 0.5) is 0 Å². The minimum atomic E-state index is 0. The van der Waals surface area contributed by atoms with E-state index in [0.29, 0.717) is 6.04 Å². The summed E-state index contributed by atoms with van der Waals surface area (Å²) in [6, 6.07) is 2.66. The molecule has 0 bridgehead atoms. The summed E-state index contributed by atoms with van der Waals surface area (Å²) in [6.45, 7) is 10.5. The number of likely N-dealkylation sites (tertiary alicyclic amines) is 1. The predicted molar refractivity (Wildman–Crippen MR) is 94.4 cm³/mol. The van der Waals surface area contributed by atoms with Crippen LogP contribution in [0.3, 0.4) is 0 Å². The monoisotopic (exact) mass is 343 g/mol. The van der Waals surface area contributed by atoms with Crippen LogP contribution in [-0.4, -0.2) is 61.0 Å². The van der Waals surface area contributed by atoms with Crippen LogP contribution in [-0.2, 0) is 6.42 Å². The Kier molecular flexibility index (Phi) is 6.26. The Hall–Kier alpha value is -0.620. The summed E-state index contributed by atoms with van der Waals surface area (Å²) >= 11 is 1.66. The van der Waals surface area contributed by atoms with E-state index in [-0.39, 0.29) is 18.3 Å². The van der Waals surface area contributed by atoms with E-state index in [2.05, 4.69) is 35.0 Å². The Morgan fingerprint density at radius 2 is 2.09 bits per heavy atom. The van der Waals surface area contributed by atoms with Crippen molar-refractivity contribution in [2.45, 2.75) is 32.7 Å². The molecular weight excluding hydrogens is 318 g/mol. The van der Waals surface area contributed by atoms with E-state index in [4.69, 9.17) is 0 Å². The highest BCUT2D eigenvalue weighted by Gasteiger charge is 2.31. The molecule has 0 spiro atoms. The van der Waals surface area contributed by atoms with E-state index in [1.807, 2.05) is 0 Å². The molecule has 22 heavy (non-hydrogen) atoms. The van der Waals surface area contributed by atoms with Gasteiger partial charge in [-0.3, -0.25) is 9.69 Å². The second kappa shape index (κ2) is 7.77. The third-order valence-electron chi connectivity index (χ3n) is 4.73. The first kappa shape index (κ1) is 17.7. The molecule has 3 rings (SSSR count). The van der Waals surface area contributed by atoms with Gasteiger partial charge in [0, 0.05) is 50.2 Å². The van der Waals surface area contributed by atoms with Crippen molar-refractivity contribution in [3.05, 3.63) is 21.4 Å². The molecule has 2 saturated heterocycles. The molecule has 2 fully saturated rings. The van der Waals surface area contributed by atoms with Gasteiger partial charge in [0.25, 0.3) is 5.91 Å². The van der Waals surface area contributed by atoms with Crippen molar-refractivity contribution in [2.75, 3.05) is 39.3 Å². The van der Waals surface area contributed by atoms with Crippen LogP contribution in [0.15, 0.2) is 6.07 Å². The van der Waals surface area contributed by atoms with Crippen LogP contribution in [0.25, 0.3) is 0 Å². The molecule has 6 heteroatoms. The van der Waals surface area contributed by atoms with Gasteiger partial charge in [0.2, 0.25) is 0 Å². The lowest BCUT2D eigenvalue weighted by Gasteiger charge is -2.32. The van der Waals surface area contributed by atoms with E-state index in [1.165, 1.54) is 10.4 Å².